The van der Waals surface area contributed by atoms with E-state index in [0.717, 1.165) is 16.9 Å². The normalized spacial score (nSPS) is 9.32. The maximum atomic E-state index is 11.3. The highest BCUT2D eigenvalue weighted by molar-refractivity contribution is 5.89. The van der Waals surface area contributed by atoms with Gasteiger partial charge in [0, 0.05) is 39.6 Å². The molecular formula is C19H26N4O2. The third-order valence-electron chi connectivity index (χ3n) is 3.22. The van der Waals surface area contributed by atoms with E-state index >= 15 is 0 Å². The third kappa shape index (κ3) is 7.39. The molecule has 0 radical (unpaired) electrons. The van der Waals surface area contributed by atoms with E-state index < -0.39 is 0 Å². The van der Waals surface area contributed by atoms with Crippen molar-refractivity contribution in [2.45, 2.75) is 6.92 Å². The fourth-order valence-corrected chi connectivity index (χ4v) is 1.70. The molecule has 2 N–H and O–H groups in total. The molecule has 4 amide bonds. The van der Waals surface area contributed by atoms with E-state index in [2.05, 4.69) is 10.6 Å². The van der Waals surface area contributed by atoms with Crippen LogP contribution < -0.4 is 10.6 Å². The Morgan fingerprint density at radius 2 is 1.20 bits per heavy atom. The molecule has 0 aliphatic heterocycles. The van der Waals surface area contributed by atoms with E-state index in [1.807, 2.05) is 61.5 Å². The van der Waals surface area contributed by atoms with E-state index in [1.165, 1.54) is 9.80 Å². The van der Waals surface area contributed by atoms with E-state index in [1.54, 1.807) is 28.2 Å². The van der Waals surface area contributed by atoms with Crippen molar-refractivity contribution < 1.29 is 9.59 Å². The predicted octanol–water partition coefficient (Wildman–Crippen LogP) is 3.87. The molecule has 0 aliphatic rings. The number of nitrogens with zero attached hydrogens (tertiary/aromatic N) is 2. The molecule has 2 rings (SSSR count). The van der Waals surface area contributed by atoms with Gasteiger partial charge in [0.2, 0.25) is 0 Å². The Morgan fingerprint density at radius 3 is 1.72 bits per heavy atom. The van der Waals surface area contributed by atoms with Crippen molar-refractivity contribution in [3.05, 3.63) is 60.2 Å². The van der Waals surface area contributed by atoms with Gasteiger partial charge < -0.3 is 20.4 Å². The number of carbonyl (C=O) groups excluding carboxylic acids is 2. The Bertz CT molecular complexity index is 685. The van der Waals surface area contributed by atoms with Gasteiger partial charge in [0.1, 0.15) is 0 Å². The maximum absolute atomic E-state index is 11.3. The van der Waals surface area contributed by atoms with Crippen LogP contribution in [0.1, 0.15) is 5.56 Å². The monoisotopic (exact) mass is 342 g/mol. The molecular weight excluding hydrogens is 316 g/mol. The average Bonchev–Trinajstić information content (AvgIpc) is 2.58. The summed E-state index contributed by atoms with van der Waals surface area (Å²) in [6.07, 6.45) is 0. The van der Waals surface area contributed by atoms with Crippen LogP contribution in [-0.4, -0.2) is 50.1 Å². The summed E-state index contributed by atoms with van der Waals surface area (Å²) < 4.78 is 0. The first-order valence-electron chi connectivity index (χ1n) is 7.88. The molecule has 0 heterocycles. The Kier molecular flexibility index (Phi) is 7.99. The van der Waals surface area contributed by atoms with Crippen LogP contribution in [0.5, 0.6) is 0 Å². The molecule has 134 valence electrons. The van der Waals surface area contributed by atoms with Gasteiger partial charge in [-0.2, -0.15) is 0 Å². The highest BCUT2D eigenvalue weighted by Gasteiger charge is 2.04. The summed E-state index contributed by atoms with van der Waals surface area (Å²) in [6.45, 7) is 1.96. The van der Waals surface area contributed by atoms with Crippen molar-refractivity contribution in [1.82, 2.24) is 9.80 Å². The number of carbonyl (C=O) groups is 2. The molecule has 0 saturated carbocycles. The van der Waals surface area contributed by atoms with Crippen LogP contribution in [0.3, 0.4) is 0 Å². The topological polar surface area (TPSA) is 64.7 Å². The summed E-state index contributed by atoms with van der Waals surface area (Å²) >= 11 is 0. The SMILES string of the molecule is CN(C)C(=O)Nc1ccccc1.Cc1ccccc1NC(=O)N(C)C. The molecule has 0 atom stereocenters. The molecule has 0 saturated heterocycles. The van der Waals surface area contributed by atoms with Gasteiger partial charge in [0.25, 0.3) is 0 Å². The number of anilines is 2. The van der Waals surface area contributed by atoms with Crippen molar-refractivity contribution in [2.75, 3.05) is 38.8 Å². The second-order valence-electron chi connectivity index (χ2n) is 5.83. The second-order valence-corrected chi connectivity index (χ2v) is 5.83. The van der Waals surface area contributed by atoms with E-state index in [4.69, 9.17) is 0 Å². The zero-order chi connectivity index (χ0) is 18.8. The summed E-state index contributed by atoms with van der Waals surface area (Å²) in [5.41, 5.74) is 2.75. The summed E-state index contributed by atoms with van der Waals surface area (Å²) in [7, 11) is 6.84. The first kappa shape index (κ1) is 20.0. The Labute approximate surface area is 149 Å². The highest BCUT2D eigenvalue weighted by atomic mass is 16.2. The molecule has 0 fully saturated rings. The Balaban J connectivity index is 0.000000251. The van der Waals surface area contributed by atoms with Crippen molar-refractivity contribution >= 4 is 23.4 Å². The predicted molar refractivity (Wildman–Crippen MR) is 103 cm³/mol. The lowest BCUT2D eigenvalue weighted by Crippen LogP contribution is -2.27. The van der Waals surface area contributed by atoms with Crippen molar-refractivity contribution in [3.63, 3.8) is 0 Å². The fraction of sp³-hybridized carbons (Fsp3) is 0.263. The first-order valence-corrected chi connectivity index (χ1v) is 7.88. The van der Waals surface area contributed by atoms with Crippen LogP contribution in [0.15, 0.2) is 54.6 Å². The van der Waals surface area contributed by atoms with Crippen molar-refractivity contribution in [3.8, 4) is 0 Å². The molecule has 2 aromatic rings. The summed E-state index contributed by atoms with van der Waals surface area (Å²) in [6, 6.07) is 16.8. The lowest BCUT2D eigenvalue weighted by molar-refractivity contribution is 0.230. The minimum Gasteiger partial charge on any atom is -0.331 e. The Hall–Kier alpha value is -3.02. The van der Waals surface area contributed by atoms with Gasteiger partial charge in [0.15, 0.2) is 0 Å². The van der Waals surface area contributed by atoms with Gasteiger partial charge in [-0.1, -0.05) is 36.4 Å². The van der Waals surface area contributed by atoms with Crippen LogP contribution in [0, 0.1) is 6.92 Å². The van der Waals surface area contributed by atoms with Crippen LogP contribution in [0.4, 0.5) is 21.0 Å². The largest absolute Gasteiger partial charge is 0.331 e. The Morgan fingerprint density at radius 1 is 0.720 bits per heavy atom. The molecule has 0 bridgehead atoms. The van der Waals surface area contributed by atoms with Crippen LogP contribution >= 0.6 is 0 Å². The zero-order valence-corrected chi connectivity index (χ0v) is 15.4. The van der Waals surface area contributed by atoms with Crippen LogP contribution in [0.25, 0.3) is 0 Å². The standard InChI is InChI=1S/C10H14N2O.C9H12N2O/c1-8-6-4-5-7-9(8)11-10(13)12(2)3;1-11(2)9(12)10-8-6-4-3-5-7-8/h4-7H,1-3H3,(H,11,13);3-7H,1-2H3,(H,10,12). The van der Waals surface area contributed by atoms with Gasteiger partial charge >= 0.3 is 12.1 Å². The average molecular weight is 342 g/mol. The van der Waals surface area contributed by atoms with Crippen molar-refractivity contribution in [1.29, 1.82) is 0 Å². The van der Waals surface area contributed by atoms with E-state index in [-0.39, 0.29) is 12.1 Å². The fourth-order valence-electron chi connectivity index (χ4n) is 1.70. The molecule has 0 aliphatic carbocycles. The quantitative estimate of drug-likeness (QED) is 0.870. The summed E-state index contributed by atoms with van der Waals surface area (Å²) in [5, 5.41) is 5.52. The maximum Gasteiger partial charge on any atom is 0.321 e. The van der Waals surface area contributed by atoms with Crippen molar-refractivity contribution in [2.24, 2.45) is 0 Å². The molecule has 25 heavy (non-hydrogen) atoms. The number of hydrogen-bond donors (Lipinski definition) is 2. The molecule has 6 heteroatoms. The molecule has 2 aromatic carbocycles. The third-order valence-corrected chi connectivity index (χ3v) is 3.22. The number of urea groups is 2. The number of amides is 4. The minimum absolute atomic E-state index is 0.102. The molecule has 6 nitrogen and oxygen atoms in total. The zero-order valence-electron chi connectivity index (χ0n) is 15.4. The molecule has 0 unspecified atom stereocenters. The number of para-hydroxylation sites is 2. The number of hydrogen-bond acceptors (Lipinski definition) is 2. The first-order chi connectivity index (χ1) is 11.8. The second kappa shape index (κ2) is 9.97. The van der Waals surface area contributed by atoms with Crippen LogP contribution in [0.2, 0.25) is 0 Å². The highest BCUT2D eigenvalue weighted by Crippen LogP contribution is 2.13. The number of rotatable bonds is 2. The smallest absolute Gasteiger partial charge is 0.321 e. The van der Waals surface area contributed by atoms with Crippen LogP contribution in [-0.2, 0) is 0 Å². The number of aryl methyl sites for hydroxylation is 1. The summed E-state index contributed by atoms with van der Waals surface area (Å²) in [4.78, 5) is 25.4. The van der Waals surface area contributed by atoms with E-state index in [9.17, 15) is 9.59 Å². The number of nitrogens with one attached hydrogen (secondary N) is 2. The van der Waals surface area contributed by atoms with E-state index in [0.29, 0.717) is 0 Å². The van der Waals surface area contributed by atoms with Gasteiger partial charge in [-0.25, -0.2) is 9.59 Å². The lowest BCUT2D eigenvalue weighted by atomic mass is 10.2. The lowest BCUT2D eigenvalue weighted by Gasteiger charge is -2.13. The number of benzene rings is 2. The van der Waals surface area contributed by atoms with Gasteiger partial charge in [-0.15, -0.1) is 0 Å². The minimum atomic E-state index is -0.110. The molecule has 0 spiro atoms. The van der Waals surface area contributed by atoms with Gasteiger partial charge in [-0.3, -0.25) is 0 Å². The van der Waals surface area contributed by atoms with Gasteiger partial charge in [0.05, 0.1) is 0 Å². The summed E-state index contributed by atoms with van der Waals surface area (Å²) in [5.74, 6) is 0. The molecule has 0 aromatic heterocycles. The van der Waals surface area contributed by atoms with Gasteiger partial charge in [-0.05, 0) is 30.7 Å².